The maximum absolute atomic E-state index is 6.05. The van der Waals surface area contributed by atoms with Crippen molar-refractivity contribution in [3.8, 4) is 0 Å². The second kappa shape index (κ2) is 7.37. The first-order chi connectivity index (χ1) is 8.46. The maximum Gasteiger partial charge on any atom is 0.0622 e. The van der Waals surface area contributed by atoms with Crippen LogP contribution >= 0.6 is 23.2 Å². The monoisotopic (exact) mass is 288 g/mol. The first-order valence-electron chi connectivity index (χ1n) is 6.32. The summed E-state index contributed by atoms with van der Waals surface area (Å²) in [4.78, 5) is 0. The first kappa shape index (κ1) is 15.8. The summed E-state index contributed by atoms with van der Waals surface area (Å²) in [6, 6.07) is 8.01. The minimum atomic E-state index is -0.0652. The summed E-state index contributed by atoms with van der Waals surface area (Å²) >= 11 is 11.9. The molecule has 0 aliphatic carbocycles. The van der Waals surface area contributed by atoms with E-state index in [0.29, 0.717) is 11.8 Å². The third-order valence-electron chi connectivity index (χ3n) is 3.36. The van der Waals surface area contributed by atoms with Gasteiger partial charge in [-0.2, -0.15) is 0 Å². The summed E-state index contributed by atoms with van der Waals surface area (Å²) in [6.45, 7) is 4.22. The number of ether oxygens (including phenoxy) is 1. The van der Waals surface area contributed by atoms with Crippen molar-refractivity contribution in [2.24, 2.45) is 5.92 Å². The molecule has 0 spiro atoms. The number of benzene rings is 1. The van der Waals surface area contributed by atoms with E-state index >= 15 is 0 Å². The Morgan fingerprint density at radius 2 is 1.83 bits per heavy atom. The van der Waals surface area contributed by atoms with Crippen LogP contribution in [-0.4, -0.2) is 18.6 Å². The zero-order chi connectivity index (χ0) is 13.6. The average Bonchev–Trinajstić information content (AvgIpc) is 2.37. The lowest BCUT2D eigenvalue weighted by molar-refractivity contribution is 0.0110. The van der Waals surface area contributed by atoms with Crippen LogP contribution in [0.15, 0.2) is 24.3 Å². The van der Waals surface area contributed by atoms with Crippen LogP contribution in [0.1, 0.15) is 32.3 Å². The highest BCUT2D eigenvalue weighted by atomic mass is 35.5. The van der Waals surface area contributed by atoms with E-state index in [1.54, 1.807) is 7.11 Å². The number of halogens is 2. The molecule has 1 aromatic rings. The molecule has 0 aliphatic heterocycles. The fourth-order valence-electron chi connectivity index (χ4n) is 1.84. The van der Waals surface area contributed by atoms with Gasteiger partial charge in [-0.25, -0.2) is 0 Å². The Labute approximate surface area is 120 Å². The van der Waals surface area contributed by atoms with Crippen LogP contribution in [0.4, 0.5) is 0 Å². The Kier molecular flexibility index (Phi) is 6.48. The molecule has 0 bridgehead atoms. The van der Waals surface area contributed by atoms with Crippen molar-refractivity contribution >= 4 is 23.2 Å². The van der Waals surface area contributed by atoms with Gasteiger partial charge in [0.05, 0.1) is 5.60 Å². The van der Waals surface area contributed by atoms with E-state index in [0.717, 1.165) is 24.3 Å². The highest BCUT2D eigenvalue weighted by Gasteiger charge is 2.19. The van der Waals surface area contributed by atoms with Crippen molar-refractivity contribution in [1.29, 1.82) is 0 Å². The Bertz CT molecular complexity index is 346. The van der Waals surface area contributed by atoms with Gasteiger partial charge in [-0.3, -0.25) is 0 Å². The van der Waals surface area contributed by atoms with Gasteiger partial charge in [0.25, 0.3) is 0 Å². The van der Waals surface area contributed by atoms with E-state index in [9.17, 15) is 0 Å². The van der Waals surface area contributed by atoms with Crippen LogP contribution in [0.2, 0.25) is 5.02 Å². The van der Waals surface area contributed by atoms with Gasteiger partial charge in [-0.05, 0) is 56.7 Å². The minimum absolute atomic E-state index is 0.0652. The van der Waals surface area contributed by atoms with E-state index in [-0.39, 0.29) is 5.60 Å². The lowest BCUT2D eigenvalue weighted by Gasteiger charge is -2.25. The van der Waals surface area contributed by atoms with Gasteiger partial charge in [0, 0.05) is 18.0 Å². The van der Waals surface area contributed by atoms with Gasteiger partial charge in [0.1, 0.15) is 0 Å². The first-order valence-corrected chi connectivity index (χ1v) is 7.23. The molecule has 102 valence electrons. The normalized spacial score (nSPS) is 13.6. The zero-order valence-corrected chi connectivity index (χ0v) is 12.9. The Morgan fingerprint density at radius 3 is 2.33 bits per heavy atom. The topological polar surface area (TPSA) is 9.23 Å². The van der Waals surface area contributed by atoms with Crippen LogP contribution in [0.5, 0.6) is 0 Å². The molecule has 0 aromatic heterocycles. The molecule has 1 aromatic carbocycles. The lowest BCUT2D eigenvalue weighted by Crippen LogP contribution is -2.24. The second-order valence-electron chi connectivity index (χ2n) is 5.35. The molecule has 3 heteroatoms. The molecule has 0 heterocycles. The predicted molar refractivity (Wildman–Crippen MR) is 79.7 cm³/mol. The van der Waals surface area contributed by atoms with Crippen molar-refractivity contribution in [2.45, 2.75) is 38.7 Å². The molecule has 0 radical (unpaired) electrons. The van der Waals surface area contributed by atoms with Gasteiger partial charge in [-0.1, -0.05) is 23.7 Å². The van der Waals surface area contributed by atoms with Gasteiger partial charge >= 0.3 is 0 Å². The third-order valence-corrected chi connectivity index (χ3v) is 4.05. The van der Waals surface area contributed by atoms with Crippen LogP contribution in [-0.2, 0) is 11.2 Å². The lowest BCUT2D eigenvalue weighted by atomic mass is 9.91. The highest BCUT2D eigenvalue weighted by molar-refractivity contribution is 6.30. The van der Waals surface area contributed by atoms with Crippen LogP contribution in [0, 0.1) is 5.92 Å². The highest BCUT2D eigenvalue weighted by Crippen LogP contribution is 2.23. The summed E-state index contributed by atoms with van der Waals surface area (Å²) in [5.74, 6) is 1.17. The van der Waals surface area contributed by atoms with Gasteiger partial charge in [-0.15, -0.1) is 11.6 Å². The largest absolute Gasteiger partial charge is 0.379 e. The molecule has 1 nitrogen and oxygen atoms in total. The number of rotatable bonds is 7. The fraction of sp³-hybridized carbons (Fsp3) is 0.600. The van der Waals surface area contributed by atoms with E-state index in [2.05, 4.69) is 26.0 Å². The number of alkyl halides is 1. The molecule has 0 saturated carbocycles. The Hall–Kier alpha value is -0.240. The molecule has 1 rings (SSSR count). The van der Waals surface area contributed by atoms with E-state index < -0.39 is 0 Å². The van der Waals surface area contributed by atoms with Gasteiger partial charge in [0.2, 0.25) is 0 Å². The second-order valence-corrected chi connectivity index (χ2v) is 6.10. The Morgan fingerprint density at radius 1 is 1.22 bits per heavy atom. The van der Waals surface area contributed by atoms with Crippen LogP contribution < -0.4 is 0 Å². The van der Waals surface area contributed by atoms with Crippen molar-refractivity contribution in [2.75, 3.05) is 13.0 Å². The van der Waals surface area contributed by atoms with Crippen molar-refractivity contribution in [1.82, 2.24) is 0 Å². The summed E-state index contributed by atoms with van der Waals surface area (Å²) < 4.78 is 5.44. The van der Waals surface area contributed by atoms with Crippen molar-refractivity contribution in [3.05, 3.63) is 34.9 Å². The summed E-state index contributed by atoms with van der Waals surface area (Å²) in [5.41, 5.74) is 1.23. The Balaban J connectivity index is 2.49. The molecular weight excluding hydrogens is 267 g/mol. The smallest absolute Gasteiger partial charge is 0.0622 e. The number of hydrogen-bond acceptors (Lipinski definition) is 1. The number of methoxy groups -OCH3 is 1. The maximum atomic E-state index is 6.05. The molecule has 0 aliphatic rings. The SMILES string of the molecule is COC(C)(C)CCC(CCl)Cc1ccc(Cl)cc1. The van der Waals surface area contributed by atoms with E-state index in [4.69, 9.17) is 27.9 Å². The molecule has 1 unspecified atom stereocenters. The molecule has 0 fully saturated rings. The summed E-state index contributed by atoms with van der Waals surface area (Å²) in [6.07, 6.45) is 3.10. The molecular formula is C15H22Cl2O. The predicted octanol–water partition coefficient (Wildman–Crippen LogP) is 4.94. The van der Waals surface area contributed by atoms with Crippen LogP contribution in [0.25, 0.3) is 0 Å². The molecule has 18 heavy (non-hydrogen) atoms. The fourth-order valence-corrected chi connectivity index (χ4v) is 2.23. The van der Waals surface area contributed by atoms with Gasteiger partial charge < -0.3 is 4.74 Å². The molecule has 1 atom stereocenters. The van der Waals surface area contributed by atoms with Crippen molar-refractivity contribution in [3.63, 3.8) is 0 Å². The summed E-state index contributed by atoms with van der Waals surface area (Å²) in [5, 5.41) is 0.779. The minimum Gasteiger partial charge on any atom is -0.379 e. The molecule has 0 saturated heterocycles. The standard InChI is InChI=1S/C15H22Cl2O/c1-15(2,18-3)9-8-13(11-16)10-12-4-6-14(17)7-5-12/h4-7,13H,8-11H2,1-3H3. The van der Waals surface area contributed by atoms with E-state index in [1.165, 1.54) is 5.56 Å². The quantitative estimate of drug-likeness (QED) is 0.646. The third kappa shape index (κ3) is 5.60. The molecule has 0 N–H and O–H groups in total. The van der Waals surface area contributed by atoms with Crippen molar-refractivity contribution < 1.29 is 4.74 Å². The van der Waals surface area contributed by atoms with E-state index in [1.807, 2.05) is 12.1 Å². The van der Waals surface area contributed by atoms with Crippen LogP contribution in [0.3, 0.4) is 0 Å². The zero-order valence-electron chi connectivity index (χ0n) is 11.4. The summed E-state index contributed by atoms with van der Waals surface area (Å²) in [7, 11) is 1.76. The number of hydrogen-bond donors (Lipinski definition) is 0. The average molecular weight is 289 g/mol. The van der Waals surface area contributed by atoms with Gasteiger partial charge in [0.15, 0.2) is 0 Å². The molecule has 0 amide bonds.